The fraction of sp³-hybridized carbons (Fsp3) is 0.800. The van der Waals surface area contributed by atoms with Crippen LogP contribution in [0.4, 0.5) is 0 Å². The molecule has 0 aromatic rings. The van der Waals surface area contributed by atoms with Gasteiger partial charge in [-0.1, -0.05) is 27.7 Å². The maximum atomic E-state index is 11.4. The SMILES string of the molecule is CC(C)[C@H](NC(=O)[C@H](O)C(C)C)C(=O)O. The van der Waals surface area contributed by atoms with Gasteiger partial charge in [-0.3, -0.25) is 4.79 Å². The molecule has 1 amide bonds. The predicted molar refractivity (Wildman–Crippen MR) is 55.2 cm³/mol. The van der Waals surface area contributed by atoms with Crippen molar-refractivity contribution < 1.29 is 19.8 Å². The topological polar surface area (TPSA) is 86.6 Å². The van der Waals surface area contributed by atoms with E-state index in [4.69, 9.17) is 5.11 Å². The molecule has 0 unspecified atom stereocenters. The average Bonchev–Trinajstić information content (AvgIpc) is 2.11. The van der Waals surface area contributed by atoms with Crippen LogP contribution in [0.5, 0.6) is 0 Å². The molecule has 2 atom stereocenters. The molecule has 88 valence electrons. The summed E-state index contributed by atoms with van der Waals surface area (Å²) in [6.45, 7) is 6.77. The molecule has 0 heterocycles. The highest BCUT2D eigenvalue weighted by Crippen LogP contribution is 2.05. The molecule has 0 rings (SSSR count). The second-order valence-corrected chi connectivity index (χ2v) is 4.26. The van der Waals surface area contributed by atoms with E-state index in [9.17, 15) is 14.7 Å². The van der Waals surface area contributed by atoms with E-state index in [0.29, 0.717) is 0 Å². The second-order valence-electron chi connectivity index (χ2n) is 4.26. The first-order chi connectivity index (χ1) is 6.77. The van der Waals surface area contributed by atoms with Gasteiger partial charge in [0.15, 0.2) is 0 Å². The van der Waals surface area contributed by atoms with Crippen molar-refractivity contribution >= 4 is 11.9 Å². The van der Waals surface area contributed by atoms with Crippen LogP contribution in [0, 0.1) is 11.8 Å². The summed E-state index contributed by atoms with van der Waals surface area (Å²) in [5.41, 5.74) is 0. The van der Waals surface area contributed by atoms with Crippen LogP contribution in [-0.4, -0.2) is 34.2 Å². The van der Waals surface area contributed by atoms with Gasteiger partial charge in [-0.25, -0.2) is 4.79 Å². The minimum absolute atomic E-state index is 0.217. The zero-order valence-corrected chi connectivity index (χ0v) is 9.52. The van der Waals surface area contributed by atoms with Crippen LogP contribution in [-0.2, 0) is 9.59 Å². The molecule has 5 heteroatoms. The summed E-state index contributed by atoms with van der Waals surface area (Å²) in [5, 5.41) is 20.5. The molecular formula is C10H19NO4. The van der Waals surface area contributed by atoms with Crippen LogP contribution in [0.1, 0.15) is 27.7 Å². The Bertz CT molecular complexity index is 238. The van der Waals surface area contributed by atoms with E-state index in [1.807, 2.05) is 0 Å². The summed E-state index contributed by atoms with van der Waals surface area (Å²) < 4.78 is 0. The number of aliphatic hydroxyl groups is 1. The molecular weight excluding hydrogens is 198 g/mol. The number of carboxylic acids is 1. The Labute approximate surface area is 89.5 Å². The first-order valence-electron chi connectivity index (χ1n) is 4.98. The van der Waals surface area contributed by atoms with Crippen LogP contribution in [0.3, 0.4) is 0 Å². The number of hydrogen-bond donors (Lipinski definition) is 3. The molecule has 0 aromatic carbocycles. The number of amides is 1. The molecule has 0 aliphatic heterocycles. The minimum Gasteiger partial charge on any atom is -0.480 e. The molecule has 0 aromatic heterocycles. The second kappa shape index (κ2) is 5.70. The van der Waals surface area contributed by atoms with E-state index in [1.54, 1.807) is 27.7 Å². The van der Waals surface area contributed by atoms with E-state index >= 15 is 0 Å². The van der Waals surface area contributed by atoms with Gasteiger partial charge in [0.05, 0.1) is 0 Å². The van der Waals surface area contributed by atoms with Gasteiger partial charge in [0.25, 0.3) is 0 Å². The monoisotopic (exact) mass is 217 g/mol. The molecule has 0 bridgehead atoms. The summed E-state index contributed by atoms with van der Waals surface area (Å²) in [7, 11) is 0. The third-order valence-corrected chi connectivity index (χ3v) is 2.13. The van der Waals surface area contributed by atoms with Crippen molar-refractivity contribution in [3.05, 3.63) is 0 Å². The first-order valence-corrected chi connectivity index (χ1v) is 4.98. The van der Waals surface area contributed by atoms with Gasteiger partial charge in [-0.15, -0.1) is 0 Å². The number of carbonyl (C=O) groups is 2. The van der Waals surface area contributed by atoms with Crippen LogP contribution in [0.2, 0.25) is 0 Å². The van der Waals surface area contributed by atoms with Crippen LogP contribution >= 0.6 is 0 Å². The zero-order chi connectivity index (χ0) is 12.2. The van der Waals surface area contributed by atoms with Crippen LogP contribution in [0.15, 0.2) is 0 Å². The summed E-state index contributed by atoms with van der Waals surface area (Å²) in [4.78, 5) is 22.2. The molecule has 15 heavy (non-hydrogen) atoms. The van der Waals surface area contributed by atoms with Crippen molar-refractivity contribution in [3.63, 3.8) is 0 Å². The zero-order valence-electron chi connectivity index (χ0n) is 9.52. The highest BCUT2D eigenvalue weighted by Gasteiger charge is 2.27. The van der Waals surface area contributed by atoms with E-state index < -0.39 is 24.0 Å². The smallest absolute Gasteiger partial charge is 0.326 e. The van der Waals surface area contributed by atoms with Crippen molar-refractivity contribution in [1.82, 2.24) is 5.32 Å². The largest absolute Gasteiger partial charge is 0.480 e. The standard InChI is InChI=1S/C10H19NO4/c1-5(2)7(10(14)15)11-9(13)8(12)6(3)4/h5-8,12H,1-4H3,(H,11,13)(H,14,15)/t7-,8+/m0/s1. The number of hydrogen-bond acceptors (Lipinski definition) is 3. The fourth-order valence-electron chi connectivity index (χ4n) is 1.05. The number of carboxylic acid groups (broad SMARTS) is 1. The Morgan fingerprint density at radius 2 is 1.53 bits per heavy atom. The third kappa shape index (κ3) is 4.29. The van der Waals surface area contributed by atoms with Crippen LogP contribution in [0.25, 0.3) is 0 Å². The lowest BCUT2D eigenvalue weighted by Gasteiger charge is -2.21. The number of nitrogens with one attached hydrogen (secondary N) is 1. The predicted octanol–water partition coefficient (Wildman–Crippen LogP) is 0.229. The Balaban J connectivity index is 4.43. The Kier molecular flexibility index (Phi) is 5.28. The summed E-state index contributed by atoms with van der Waals surface area (Å²) in [6.07, 6.45) is -1.16. The lowest BCUT2D eigenvalue weighted by atomic mass is 10.0. The lowest BCUT2D eigenvalue weighted by Crippen LogP contribution is -2.49. The van der Waals surface area contributed by atoms with Gasteiger partial charge in [0.1, 0.15) is 12.1 Å². The molecule has 3 N–H and O–H groups in total. The van der Waals surface area contributed by atoms with Gasteiger partial charge in [-0.05, 0) is 11.8 Å². The Hall–Kier alpha value is -1.10. The van der Waals surface area contributed by atoms with Gasteiger partial charge in [0, 0.05) is 0 Å². The van der Waals surface area contributed by atoms with E-state index in [0.717, 1.165) is 0 Å². The minimum atomic E-state index is -1.16. The molecule has 0 radical (unpaired) electrons. The molecule has 0 aliphatic rings. The highest BCUT2D eigenvalue weighted by molar-refractivity contribution is 5.86. The van der Waals surface area contributed by atoms with Crippen molar-refractivity contribution in [2.24, 2.45) is 11.8 Å². The maximum Gasteiger partial charge on any atom is 0.326 e. The van der Waals surface area contributed by atoms with Crippen molar-refractivity contribution in [1.29, 1.82) is 0 Å². The van der Waals surface area contributed by atoms with E-state index in [1.165, 1.54) is 0 Å². The summed E-state index contributed by atoms with van der Waals surface area (Å²) >= 11 is 0. The third-order valence-electron chi connectivity index (χ3n) is 2.13. The van der Waals surface area contributed by atoms with Crippen molar-refractivity contribution in [2.45, 2.75) is 39.8 Å². The molecule has 0 aliphatic carbocycles. The molecule has 0 fully saturated rings. The van der Waals surface area contributed by atoms with Crippen molar-refractivity contribution in [2.75, 3.05) is 0 Å². The first kappa shape index (κ1) is 13.9. The van der Waals surface area contributed by atoms with Gasteiger partial charge >= 0.3 is 5.97 Å². The van der Waals surface area contributed by atoms with E-state index in [2.05, 4.69) is 5.32 Å². The number of carbonyl (C=O) groups excluding carboxylic acids is 1. The normalized spacial score (nSPS) is 15.1. The average molecular weight is 217 g/mol. The maximum absolute atomic E-state index is 11.4. The summed E-state index contributed by atoms with van der Waals surface area (Å²) in [6, 6.07) is -0.953. The number of aliphatic carboxylic acids is 1. The van der Waals surface area contributed by atoms with E-state index in [-0.39, 0.29) is 11.8 Å². The Morgan fingerprint density at radius 3 is 1.80 bits per heavy atom. The van der Waals surface area contributed by atoms with Crippen molar-refractivity contribution in [3.8, 4) is 0 Å². The van der Waals surface area contributed by atoms with Gasteiger partial charge < -0.3 is 15.5 Å². The molecule has 0 saturated carbocycles. The van der Waals surface area contributed by atoms with Crippen LogP contribution < -0.4 is 5.32 Å². The molecule has 0 saturated heterocycles. The quantitative estimate of drug-likeness (QED) is 0.615. The van der Waals surface area contributed by atoms with Gasteiger partial charge in [0.2, 0.25) is 5.91 Å². The Morgan fingerprint density at radius 1 is 1.07 bits per heavy atom. The number of aliphatic hydroxyl groups excluding tert-OH is 1. The number of rotatable bonds is 5. The lowest BCUT2D eigenvalue weighted by molar-refractivity contribution is -0.145. The van der Waals surface area contributed by atoms with Gasteiger partial charge in [-0.2, -0.15) is 0 Å². The molecule has 5 nitrogen and oxygen atoms in total. The fourth-order valence-corrected chi connectivity index (χ4v) is 1.05. The summed E-state index contributed by atoms with van der Waals surface area (Å²) in [5.74, 6) is -2.17. The molecule has 0 spiro atoms. The highest BCUT2D eigenvalue weighted by atomic mass is 16.4.